The molecule has 3 N–H and O–H groups in total. The molecule has 1 saturated carbocycles. The van der Waals surface area contributed by atoms with Gasteiger partial charge >= 0.3 is 6.18 Å². The molecule has 0 unspecified atom stereocenters. The molecular weight excluding hydrogens is 575 g/mol. The molecular formula is C32H40F3N5O4. The van der Waals surface area contributed by atoms with Crippen molar-refractivity contribution >= 4 is 28.7 Å². The van der Waals surface area contributed by atoms with Gasteiger partial charge in [-0.3, -0.25) is 19.8 Å². The summed E-state index contributed by atoms with van der Waals surface area (Å²) in [5.41, 5.74) is 11.1. The summed E-state index contributed by atoms with van der Waals surface area (Å²) in [5, 5.41) is 14.3. The number of aryl methyl sites for hydroxylation is 1. The van der Waals surface area contributed by atoms with Crippen LogP contribution in [0.2, 0.25) is 0 Å². The minimum Gasteiger partial charge on any atom is -0.398 e. The number of nitrogens with zero attached hydrogens (tertiary/aromatic N) is 3. The number of piperazine rings is 1. The molecule has 12 heteroatoms. The highest BCUT2D eigenvalue weighted by atomic mass is 19.4. The van der Waals surface area contributed by atoms with Gasteiger partial charge in [0.1, 0.15) is 12.3 Å². The molecule has 0 aromatic heterocycles. The number of nitro benzene ring substituents is 1. The number of anilines is 2. The van der Waals surface area contributed by atoms with Crippen molar-refractivity contribution in [3.8, 4) is 0 Å². The fourth-order valence-electron chi connectivity index (χ4n) is 5.74. The van der Waals surface area contributed by atoms with Gasteiger partial charge in [0.2, 0.25) is 5.91 Å². The maximum absolute atomic E-state index is 13.0. The number of carbonyl (C=O) groups is 1. The Kier molecular flexibility index (Phi) is 11.0. The first-order valence-corrected chi connectivity index (χ1v) is 15.0. The summed E-state index contributed by atoms with van der Waals surface area (Å²) in [6, 6.07) is 8.32. The molecule has 1 aliphatic carbocycles. The lowest BCUT2D eigenvalue weighted by atomic mass is 9.85. The van der Waals surface area contributed by atoms with Crippen molar-refractivity contribution in [3.63, 3.8) is 0 Å². The van der Waals surface area contributed by atoms with E-state index in [0.717, 1.165) is 54.6 Å². The Morgan fingerprint density at radius 2 is 1.84 bits per heavy atom. The van der Waals surface area contributed by atoms with Gasteiger partial charge in [0.05, 0.1) is 17.1 Å². The summed E-state index contributed by atoms with van der Waals surface area (Å²) in [5.74, 6) is -0.283. The Morgan fingerprint density at radius 1 is 1.11 bits per heavy atom. The number of alkyl halides is 3. The lowest BCUT2D eigenvalue weighted by Crippen LogP contribution is -2.47. The number of hydrogen-bond donors (Lipinski definition) is 2. The molecule has 1 amide bonds. The second-order valence-electron chi connectivity index (χ2n) is 11.2. The van der Waals surface area contributed by atoms with Crippen molar-refractivity contribution in [1.29, 1.82) is 0 Å². The largest absolute Gasteiger partial charge is 0.416 e. The molecule has 2 fully saturated rings. The van der Waals surface area contributed by atoms with E-state index in [4.69, 9.17) is 10.5 Å². The number of nitrogens with one attached hydrogen (secondary N) is 1. The fraction of sp³-hybridized carbons (Fsp3) is 0.469. The smallest absolute Gasteiger partial charge is 0.398 e. The first kappa shape index (κ1) is 33.0. The van der Waals surface area contributed by atoms with Crippen molar-refractivity contribution in [1.82, 2.24) is 4.90 Å². The molecule has 0 atom stereocenters. The first-order chi connectivity index (χ1) is 21.0. The van der Waals surface area contributed by atoms with Gasteiger partial charge in [-0.15, -0.1) is 0 Å². The molecule has 1 aliphatic heterocycles. The SMILES string of the molecule is CC/C=C1\CCCC\C1=C(/N)c1cc(NC(=O)COCCN2CCN(c3ccc(C(F)(F)F)cc3[N+](=O)[O-])CC2)ccc1C. The second-order valence-corrected chi connectivity index (χ2v) is 11.2. The first-order valence-electron chi connectivity index (χ1n) is 15.0. The summed E-state index contributed by atoms with van der Waals surface area (Å²) < 4.78 is 44.7. The van der Waals surface area contributed by atoms with Gasteiger partial charge in [-0.1, -0.05) is 19.1 Å². The topological polar surface area (TPSA) is 114 Å². The quantitative estimate of drug-likeness (QED) is 0.184. The standard InChI is InChI=1S/C32H40F3N5O4/c1-3-6-23-7-4-5-8-26(23)31(36)27-20-25(11-9-22(27)2)37-30(41)21-44-18-17-38-13-15-39(16-14-38)28-12-10-24(32(33,34)35)19-29(28)40(42)43/h6,9-12,19-20H,3-5,7-8,13-18,21,36H2,1-2H3,(H,37,41)/b23-6+,31-26+. The molecule has 1 saturated heterocycles. The van der Waals surface area contributed by atoms with Gasteiger partial charge < -0.3 is 20.7 Å². The van der Waals surface area contributed by atoms with Crippen LogP contribution in [0.25, 0.3) is 5.70 Å². The van der Waals surface area contributed by atoms with Crippen LogP contribution in [0.1, 0.15) is 55.7 Å². The van der Waals surface area contributed by atoms with Crippen LogP contribution in [-0.4, -0.2) is 61.7 Å². The second kappa shape index (κ2) is 14.7. The average molecular weight is 616 g/mol. The van der Waals surface area contributed by atoms with E-state index < -0.39 is 22.4 Å². The number of nitro groups is 1. The van der Waals surface area contributed by atoms with Crippen molar-refractivity contribution in [3.05, 3.63) is 80.4 Å². The molecule has 2 aromatic rings. The Bertz CT molecular complexity index is 1420. The summed E-state index contributed by atoms with van der Waals surface area (Å²) in [4.78, 5) is 27.1. The Labute approximate surface area is 255 Å². The summed E-state index contributed by atoms with van der Waals surface area (Å²) in [6.45, 7) is 6.78. The summed E-state index contributed by atoms with van der Waals surface area (Å²) in [7, 11) is 0. The van der Waals surface area contributed by atoms with Gasteiger partial charge in [0.25, 0.3) is 5.69 Å². The zero-order chi connectivity index (χ0) is 31.9. The van der Waals surface area contributed by atoms with E-state index in [0.29, 0.717) is 51.1 Å². The number of carbonyl (C=O) groups excluding carboxylic acids is 1. The van der Waals surface area contributed by atoms with E-state index in [9.17, 15) is 28.1 Å². The van der Waals surface area contributed by atoms with Crippen molar-refractivity contribution < 1.29 is 27.6 Å². The Hall–Kier alpha value is -3.90. The average Bonchev–Trinajstić information content (AvgIpc) is 3.00. The number of rotatable bonds is 10. The van der Waals surface area contributed by atoms with E-state index in [2.05, 4.69) is 23.2 Å². The number of nitrogens with two attached hydrogens (primary N) is 1. The van der Waals surface area contributed by atoms with Crippen LogP contribution in [0.3, 0.4) is 0 Å². The van der Waals surface area contributed by atoms with Crippen LogP contribution < -0.4 is 16.0 Å². The number of halogens is 3. The third kappa shape index (κ3) is 8.38. The predicted octanol–water partition coefficient (Wildman–Crippen LogP) is 6.28. The fourth-order valence-corrected chi connectivity index (χ4v) is 5.74. The molecule has 4 rings (SSSR count). The van der Waals surface area contributed by atoms with Crippen LogP contribution in [0.15, 0.2) is 53.6 Å². The van der Waals surface area contributed by atoms with E-state index in [1.807, 2.05) is 25.1 Å². The molecule has 44 heavy (non-hydrogen) atoms. The van der Waals surface area contributed by atoms with Crippen molar-refractivity contribution in [2.75, 3.05) is 56.2 Å². The molecule has 0 bridgehead atoms. The molecule has 238 valence electrons. The van der Waals surface area contributed by atoms with E-state index in [1.54, 1.807) is 4.90 Å². The summed E-state index contributed by atoms with van der Waals surface area (Å²) in [6.07, 6.45) is 2.83. The monoisotopic (exact) mass is 615 g/mol. The Morgan fingerprint density at radius 3 is 2.52 bits per heavy atom. The van der Waals surface area contributed by atoms with E-state index >= 15 is 0 Å². The van der Waals surface area contributed by atoms with Gasteiger partial charge in [-0.05, 0) is 80.0 Å². The third-order valence-electron chi connectivity index (χ3n) is 8.10. The van der Waals surface area contributed by atoms with Gasteiger partial charge in [-0.25, -0.2) is 0 Å². The lowest BCUT2D eigenvalue weighted by Gasteiger charge is -2.35. The van der Waals surface area contributed by atoms with Crippen LogP contribution in [0.5, 0.6) is 0 Å². The van der Waals surface area contributed by atoms with Crippen LogP contribution in [0.4, 0.5) is 30.2 Å². The van der Waals surface area contributed by atoms with E-state index in [1.165, 1.54) is 17.6 Å². The Balaban J connectivity index is 1.25. The zero-order valence-electron chi connectivity index (χ0n) is 25.2. The molecule has 0 spiro atoms. The van der Waals surface area contributed by atoms with Crippen LogP contribution in [0, 0.1) is 17.0 Å². The van der Waals surface area contributed by atoms with Crippen LogP contribution >= 0.6 is 0 Å². The number of amides is 1. The normalized spacial score (nSPS) is 18.4. The molecule has 2 aliphatic rings. The van der Waals surface area contributed by atoms with Gasteiger partial charge in [0, 0.05) is 55.7 Å². The summed E-state index contributed by atoms with van der Waals surface area (Å²) >= 11 is 0. The zero-order valence-corrected chi connectivity index (χ0v) is 25.2. The molecule has 2 aromatic carbocycles. The molecule has 1 heterocycles. The predicted molar refractivity (Wildman–Crippen MR) is 165 cm³/mol. The van der Waals surface area contributed by atoms with Crippen LogP contribution in [-0.2, 0) is 15.7 Å². The van der Waals surface area contributed by atoms with Gasteiger partial charge in [0.15, 0.2) is 0 Å². The number of allylic oxidation sites excluding steroid dienone is 3. The van der Waals surface area contributed by atoms with Crippen molar-refractivity contribution in [2.24, 2.45) is 5.73 Å². The number of hydrogen-bond acceptors (Lipinski definition) is 7. The maximum Gasteiger partial charge on any atom is 0.416 e. The minimum atomic E-state index is -4.65. The lowest BCUT2D eigenvalue weighted by molar-refractivity contribution is -0.384. The highest BCUT2D eigenvalue weighted by molar-refractivity contribution is 5.92. The number of benzene rings is 2. The van der Waals surface area contributed by atoms with Gasteiger partial charge in [-0.2, -0.15) is 13.2 Å². The number of ether oxygens (including phenoxy) is 1. The maximum atomic E-state index is 13.0. The highest BCUT2D eigenvalue weighted by Crippen LogP contribution is 2.37. The minimum absolute atomic E-state index is 0.124. The molecule has 9 nitrogen and oxygen atoms in total. The highest BCUT2D eigenvalue weighted by Gasteiger charge is 2.34. The third-order valence-corrected chi connectivity index (χ3v) is 8.10. The van der Waals surface area contributed by atoms with Crippen molar-refractivity contribution in [2.45, 2.75) is 52.1 Å². The van der Waals surface area contributed by atoms with E-state index in [-0.39, 0.29) is 18.2 Å². The molecule has 0 radical (unpaired) electrons.